The van der Waals surface area contributed by atoms with Crippen LogP contribution < -0.4 is 10.5 Å². The highest BCUT2D eigenvalue weighted by atomic mass is 16.5. The third-order valence-corrected chi connectivity index (χ3v) is 2.89. The number of benzene rings is 2. The van der Waals surface area contributed by atoms with Gasteiger partial charge in [-0.1, -0.05) is 30.3 Å². The molecule has 2 aromatic carbocycles. The van der Waals surface area contributed by atoms with Gasteiger partial charge in [-0.25, -0.2) is 0 Å². The Bertz CT molecular complexity index is 673. The highest BCUT2D eigenvalue weighted by molar-refractivity contribution is 5.99. The molecule has 0 spiro atoms. The van der Waals surface area contributed by atoms with E-state index < -0.39 is 0 Å². The van der Waals surface area contributed by atoms with E-state index in [2.05, 4.69) is 0 Å². The van der Waals surface area contributed by atoms with Crippen LogP contribution in [-0.2, 0) is 6.61 Å². The van der Waals surface area contributed by atoms with Crippen molar-refractivity contribution in [3.05, 3.63) is 59.2 Å². The molecule has 0 atom stereocenters. The van der Waals surface area contributed by atoms with E-state index in [-0.39, 0.29) is 5.78 Å². The maximum Gasteiger partial charge on any atom is 0.161 e. The molecule has 0 unspecified atom stereocenters. The van der Waals surface area contributed by atoms with Gasteiger partial charge >= 0.3 is 0 Å². The van der Waals surface area contributed by atoms with Crippen LogP contribution in [0.15, 0.2) is 42.5 Å². The van der Waals surface area contributed by atoms with E-state index in [1.165, 1.54) is 19.1 Å². The molecule has 0 aromatic heterocycles. The van der Waals surface area contributed by atoms with Crippen molar-refractivity contribution in [2.45, 2.75) is 13.5 Å². The van der Waals surface area contributed by atoms with Crippen molar-refractivity contribution in [2.75, 3.05) is 5.73 Å². The molecule has 0 radical (unpaired) electrons. The SMILES string of the molecule is CC(=O)c1cc(C#N)c(OCc2ccccc2)cc1N. The first-order valence-corrected chi connectivity index (χ1v) is 6.13. The number of nitriles is 1. The van der Waals surface area contributed by atoms with E-state index in [1.54, 1.807) is 0 Å². The molecule has 0 saturated carbocycles. The molecule has 0 heterocycles. The van der Waals surface area contributed by atoms with E-state index in [0.29, 0.717) is 29.2 Å². The minimum absolute atomic E-state index is 0.173. The van der Waals surface area contributed by atoms with Gasteiger partial charge in [0.1, 0.15) is 18.4 Å². The van der Waals surface area contributed by atoms with Gasteiger partial charge in [-0.3, -0.25) is 4.79 Å². The lowest BCUT2D eigenvalue weighted by Crippen LogP contribution is -2.03. The highest BCUT2D eigenvalue weighted by Gasteiger charge is 2.12. The first-order valence-electron chi connectivity index (χ1n) is 6.13. The van der Waals surface area contributed by atoms with Gasteiger partial charge in [0.2, 0.25) is 0 Å². The molecule has 100 valence electrons. The number of carbonyl (C=O) groups is 1. The maximum atomic E-state index is 11.4. The summed E-state index contributed by atoms with van der Waals surface area (Å²) in [7, 11) is 0. The third-order valence-electron chi connectivity index (χ3n) is 2.89. The van der Waals surface area contributed by atoms with E-state index >= 15 is 0 Å². The van der Waals surface area contributed by atoms with Crippen LogP contribution >= 0.6 is 0 Å². The van der Waals surface area contributed by atoms with Crippen LogP contribution in [0.3, 0.4) is 0 Å². The second-order valence-corrected chi connectivity index (χ2v) is 4.38. The first kappa shape index (κ1) is 13.6. The molecule has 0 aliphatic carbocycles. The fourth-order valence-corrected chi connectivity index (χ4v) is 1.84. The fourth-order valence-electron chi connectivity index (χ4n) is 1.84. The molecule has 0 fully saturated rings. The highest BCUT2D eigenvalue weighted by Crippen LogP contribution is 2.26. The van der Waals surface area contributed by atoms with Crippen LogP contribution in [-0.4, -0.2) is 5.78 Å². The summed E-state index contributed by atoms with van der Waals surface area (Å²) in [6.07, 6.45) is 0. The van der Waals surface area contributed by atoms with Gasteiger partial charge in [-0.2, -0.15) is 5.26 Å². The van der Waals surface area contributed by atoms with Crippen molar-refractivity contribution >= 4 is 11.5 Å². The number of ether oxygens (including phenoxy) is 1. The zero-order valence-electron chi connectivity index (χ0n) is 11.1. The van der Waals surface area contributed by atoms with Crippen LogP contribution in [0.25, 0.3) is 0 Å². The monoisotopic (exact) mass is 266 g/mol. The van der Waals surface area contributed by atoms with Crippen LogP contribution in [0, 0.1) is 11.3 Å². The minimum atomic E-state index is -0.173. The number of nitrogens with two attached hydrogens (primary N) is 1. The van der Waals surface area contributed by atoms with Gasteiger partial charge in [0.05, 0.1) is 5.56 Å². The summed E-state index contributed by atoms with van der Waals surface area (Å²) in [4.78, 5) is 11.4. The van der Waals surface area contributed by atoms with Crippen molar-refractivity contribution in [3.63, 3.8) is 0 Å². The van der Waals surface area contributed by atoms with Gasteiger partial charge in [0.25, 0.3) is 0 Å². The predicted molar refractivity (Wildman–Crippen MR) is 76.3 cm³/mol. The standard InChI is InChI=1S/C16H14N2O2/c1-11(19)14-7-13(9-17)16(8-15(14)18)20-10-12-5-3-2-4-6-12/h2-8H,10,18H2,1H3. The molecule has 0 amide bonds. The molecule has 4 nitrogen and oxygen atoms in total. The molecule has 20 heavy (non-hydrogen) atoms. The summed E-state index contributed by atoms with van der Waals surface area (Å²) in [6.45, 7) is 1.76. The zero-order chi connectivity index (χ0) is 14.5. The average Bonchev–Trinajstić information content (AvgIpc) is 2.46. The van der Waals surface area contributed by atoms with Crippen LogP contribution in [0.1, 0.15) is 28.4 Å². The van der Waals surface area contributed by atoms with Gasteiger partial charge < -0.3 is 10.5 Å². The Hall–Kier alpha value is -2.80. The molecule has 2 aromatic rings. The molecule has 2 N–H and O–H groups in total. The lowest BCUT2D eigenvalue weighted by atomic mass is 10.1. The lowest BCUT2D eigenvalue weighted by Gasteiger charge is -2.11. The Labute approximate surface area is 117 Å². The second kappa shape index (κ2) is 5.89. The second-order valence-electron chi connectivity index (χ2n) is 4.38. The summed E-state index contributed by atoms with van der Waals surface area (Å²) in [6, 6.07) is 14.6. The number of hydrogen-bond donors (Lipinski definition) is 1. The topological polar surface area (TPSA) is 76.1 Å². The molecule has 0 aliphatic heterocycles. The summed E-state index contributed by atoms with van der Waals surface area (Å²) in [5.74, 6) is 0.215. The number of ketones is 1. The Morgan fingerprint density at radius 2 is 2.00 bits per heavy atom. The number of hydrogen-bond acceptors (Lipinski definition) is 4. The van der Waals surface area contributed by atoms with Crippen molar-refractivity contribution in [3.8, 4) is 11.8 Å². The van der Waals surface area contributed by atoms with Crippen LogP contribution in [0.2, 0.25) is 0 Å². The molecule has 0 saturated heterocycles. The molecular formula is C16H14N2O2. The fraction of sp³-hybridized carbons (Fsp3) is 0.125. The summed E-state index contributed by atoms with van der Waals surface area (Å²) < 4.78 is 5.62. The largest absolute Gasteiger partial charge is 0.487 e. The smallest absolute Gasteiger partial charge is 0.161 e. The van der Waals surface area contributed by atoms with Gasteiger partial charge in [0, 0.05) is 17.3 Å². The van der Waals surface area contributed by atoms with Gasteiger partial charge in [0.15, 0.2) is 5.78 Å². The minimum Gasteiger partial charge on any atom is -0.487 e. The van der Waals surface area contributed by atoms with Gasteiger partial charge in [-0.15, -0.1) is 0 Å². The van der Waals surface area contributed by atoms with Crippen LogP contribution in [0.4, 0.5) is 5.69 Å². The summed E-state index contributed by atoms with van der Waals surface area (Å²) in [5, 5.41) is 9.13. The van der Waals surface area contributed by atoms with E-state index in [0.717, 1.165) is 5.56 Å². The van der Waals surface area contributed by atoms with E-state index in [1.807, 2.05) is 36.4 Å². The molecular weight excluding hydrogens is 252 g/mol. The Balaban J connectivity index is 2.26. The zero-order valence-corrected chi connectivity index (χ0v) is 11.1. The van der Waals surface area contributed by atoms with Crippen molar-refractivity contribution in [1.29, 1.82) is 5.26 Å². The summed E-state index contributed by atoms with van der Waals surface area (Å²) >= 11 is 0. The quantitative estimate of drug-likeness (QED) is 0.682. The van der Waals surface area contributed by atoms with E-state index in [9.17, 15) is 4.79 Å². The molecule has 4 heteroatoms. The number of carbonyl (C=O) groups excluding carboxylic acids is 1. The predicted octanol–water partition coefficient (Wildman–Crippen LogP) is 2.92. The van der Waals surface area contributed by atoms with Gasteiger partial charge in [-0.05, 0) is 18.6 Å². The lowest BCUT2D eigenvalue weighted by molar-refractivity contribution is 0.101. The Morgan fingerprint density at radius 3 is 2.60 bits per heavy atom. The van der Waals surface area contributed by atoms with Crippen molar-refractivity contribution in [2.24, 2.45) is 0 Å². The molecule has 2 rings (SSSR count). The third kappa shape index (κ3) is 2.96. The number of rotatable bonds is 4. The molecule has 0 bridgehead atoms. The number of nitrogens with zero attached hydrogens (tertiary/aromatic N) is 1. The normalized spacial score (nSPS) is 9.80. The first-order chi connectivity index (χ1) is 9.61. The maximum absolute atomic E-state index is 11.4. The van der Waals surface area contributed by atoms with E-state index in [4.69, 9.17) is 15.7 Å². The molecule has 0 aliphatic rings. The van der Waals surface area contributed by atoms with Crippen molar-refractivity contribution < 1.29 is 9.53 Å². The Kier molecular flexibility index (Phi) is 4.02. The number of Topliss-reactive ketones (excluding diaryl/α,β-unsaturated/α-hetero) is 1. The number of nitrogen functional groups attached to an aromatic ring is 1. The van der Waals surface area contributed by atoms with Crippen LogP contribution in [0.5, 0.6) is 5.75 Å². The van der Waals surface area contributed by atoms with Crippen molar-refractivity contribution in [1.82, 2.24) is 0 Å². The Morgan fingerprint density at radius 1 is 1.30 bits per heavy atom. The summed E-state index contributed by atoms with van der Waals surface area (Å²) in [5.41, 5.74) is 7.76. The number of anilines is 1. The average molecular weight is 266 g/mol.